The molecule has 1 aromatic heterocycles. The van der Waals surface area contributed by atoms with Gasteiger partial charge >= 0.3 is 5.97 Å². The van der Waals surface area contributed by atoms with E-state index in [1.807, 2.05) is 35.2 Å². The van der Waals surface area contributed by atoms with Gasteiger partial charge in [0.2, 0.25) is 0 Å². The van der Waals surface area contributed by atoms with E-state index < -0.39 is 11.8 Å². The molecule has 0 saturated carbocycles. The van der Waals surface area contributed by atoms with Crippen LogP contribution in [-0.2, 0) is 6.42 Å². The summed E-state index contributed by atoms with van der Waals surface area (Å²) in [5.41, 5.74) is 5.32. The Morgan fingerprint density at radius 2 is 1.80 bits per heavy atom. The lowest BCUT2D eigenvalue weighted by Crippen LogP contribution is -2.18. The highest BCUT2D eigenvalue weighted by molar-refractivity contribution is 6.06. The van der Waals surface area contributed by atoms with Gasteiger partial charge in [-0.25, -0.2) is 14.2 Å². The quantitative estimate of drug-likeness (QED) is 0.478. The summed E-state index contributed by atoms with van der Waals surface area (Å²) in [6, 6.07) is 20.8. The largest absolute Gasteiger partial charge is 0.478 e. The number of pyridine rings is 1. The van der Waals surface area contributed by atoms with Crippen LogP contribution in [0.1, 0.15) is 21.5 Å². The van der Waals surface area contributed by atoms with Gasteiger partial charge in [0.05, 0.1) is 16.5 Å². The van der Waals surface area contributed by atoms with Gasteiger partial charge in [0, 0.05) is 17.8 Å². The van der Waals surface area contributed by atoms with Gasteiger partial charge in [0.1, 0.15) is 11.6 Å². The highest BCUT2D eigenvalue weighted by atomic mass is 19.1. The zero-order valence-electron chi connectivity index (χ0n) is 16.4. The minimum Gasteiger partial charge on any atom is -0.478 e. The number of hydrogen-bond donors (Lipinski definition) is 1. The molecule has 0 spiro atoms. The molecule has 5 rings (SSSR count). The van der Waals surface area contributed by atoms with Crippen LogP contribution in [0.25, 0.3) is 22.0 Å². The summed E-state index contributed by atoms with van der Waals surface area (Å²) in [7, 11) is 0. The third-order valence-corrected chi connectivity index (χ3v) is 5.76. The van der Waals surface area contributed by atoms with E-state index in [0.29, 0.717) is 23.4 Å². The van der Waals surface area contributed by atoms with Gasteiger partial charge in [-0.3, -0.25) is 0 Å². The predicted molar refractivity (Wildman–Crippen MR) is 116 cm³/mol. The van der Waals surface area contributed by atoms with Crippen molar-refractivity contribution in [1.29, 1.82) is 0 Å². The molecule has 30 heavy (non-hydrogen) atoms. The average molecular weight is 398 g/mol. The Bertz CT molecular complexity index is 1300. The fraction of sp³-hybridized carbons (Fsp3) is 0.120. The normalized spacial score (nSPS) is 12.9. The van der Waals surface area contributed by atoms with Crippen LogP contribution in [0.2, 0.25) is 0 Å². The SMILES string of the molecule is Cc1c(N2CCc3c(-c4ccccc4)cccc32)nc2cccc(F)c2c1C(=O)O. The lowest BCUT2D eigenvalue weighted by atomic mass is 9.98. The summed E-state index contributed by atoms with van der Waals surface area (Å²) in [4.78, 5) is 18.8. The Kier molecular flexibility index (Phi) is 4.24. The topological polar surface area (TPSA) is 53.4 Å². The number of hydrogen-bond acceptors (Lipinski definition) is 3. The zero-order valence-corrected chi connectivity index (χ0v) is 16.4. The molecule has 1 N–H and O–H groups in total. The monoisotopic (exact) mass is 398 g/mol. The average Bonchev–Trinajstić information content (AvgIpc) is 3.18. The van der Waals surface area contributed by atoms with Gasteiger partial charge in [-0.2, -0.15) is 0 Å². The first-order valence-electron chi connectivity index (χ1n) is 9.83. The summed E-state index contributed by atoms with van der Waals surface area (Å²) in [6.07, 6.45) is 0.825. The highest BCUT2D eigenvalue weighted by Gasteiger charge is 2.28. The number of carboxylic acids is 1. The molecular formula is C25H19FN2O2. The van der Waals surface area contributed by atoms with E-state index in [9.17, 15) is 14.3 Å². The summed E-state index contributed by atoms with van der Waals surface area (Å²) >= 11 is 0. The van der Waals surface area contributed by atoms with Crippen LogP contribution >= 0.6 is 0 Å². The lowest BCUT2D eigenvalue weighted by Gasteiger charge is -2.23. The molecule has 0 saturated heterocycles. The van der Waals surface area contributed by atoms with Crippen LogP contribution in [0.4, 0.5) is 15.9 Å². The molecule has 5 heteroatoms. The Balaban J connectivity index is 1.72. The Morgan fingerprint density at radius 3 is 2.57 bits per heavy atom. The molecule has 0 amide bonds. The number of carboxylic acid groups (broad SMARTS) is 1. The molecule has 0 atom stereocenters. The van der Waals surface area contributed by atoms with Gasteiger partial charge in [-0.1, -0.05) is 48.5 Å². The fourth-order valence-electron chi connectivity index (χ4n) is 4.42. The van der Waals surface area contributed by atoms with Crippen molar-refractivity contribution in [2.75, 3.05) is 11.4 Å². The van der Waals surface area contributed by atoms with Crippen LogP contribution in [0.15, 0.2) is 66.7 Å². The van der Waals surface area contributed by atoms with E-state index in [4.69, 9.17) is 0 Å². The number of nitrogens with zero attached hydrogens (tertiary/aromatic N) is 2. The fourth-order valence-corrected chi connectivity index (χ4v) is 4.42. The van der Waals surface area contributed by atoms with Crippen molar-refractivity contribution in [3.63, 3.8) is 0 Å². The second kappa shape index (κ2) is 6.95. The van der Waals surface area contributed by atoms with Crippen molar-refractivity contribution in [3.05, 3.63) is 89.2 Å². The number of rotatable bonds is 3. The third kappa shape index (κ3) is 2.74. The lowest BCUT2D eigenvalue weighted by molar-refractivity contribution is 0.0698. The molecule has 148 valence electrons. The van der Waals surface area contributed by atoms with Crippen LogP contribution in [0.5, 0.6) is 0 Å². The van der Waals surface area contributed by atoms with Crippen LogP contribution in [-0.4, -0.2) is 22.6 Å². The van der Waals surface area contributed by atoms with E-state index in [-0.39, 0.29) is 10.9 Å². The Hall–Kier alpha value is -3.73. The number of carbonyl (C=O) groups is 1. The zero-order chi connectivity index (χ0) is 20.8. The Morgan fingerprint density at radius 1 is 1.03 bits per heavy atom. The van der Waals surface area contributed by atoms with Gasteiger partial charge in [-0.05, 0) is 48.2 Å². The second-order valence-corrected chi connectivity index (χ2v) is 7.45. The molecule has 2 heterocycles. The van der Waals surface area contributed by atoms with Crippen molar-refractivity contribution in [2.24, 2.45) is 0 Å². The predicted octanol–water partition coefficient (Wildman–Crippen LogP) is 5.74. The molecule has 0 fully saturated rings. The first-order chi connectivity index (χ1) is 14.6. The second-order valence-electron chi connectivity index (χ2n) is 7.45. The number of aromatic nitrogens is 1. The molecule has 1 aliphatic heterocycles. The minimum atomic E-state index is -1.15. The molecule has 0 unspecified atom stereocenters. The number of aromatic carboxylic acids is 1. The molecule has 1 aliphatic rings. The van der Waals surface area contributed by atoms with E-state index in [1.165, 1.54) is 17.2 Å². The number of benzene rings is 3. The third-order valence-electron chi connectivity index (χ3n) is 5.76. The first-order valence-corrected chi connectivity index (χ1v) is 9.83. The summed E-state index contributed by atoms with van der Waals surface area (Å²) < 4.78 is 14.5. The van der Waals surface area contributed by atoms with Crippen molar-refractivity contribution in [3.8, 4) is 11.1 Å². The molecule has 4 nitrogen and oxygen atoms in total. The first kappa shape index (κ1) is 18.3. The van der Waals surface area contributed by atoms with E-state index in [0.717, 1.165) is 17.7 Å². The van der Waals surface area contributed by atoms with Gasteiger partial charge in [0.15, 0.2) is 0 Å². The van der Waals surface area contributed by atoms with Crippen molar-refractivity contribution in [2.45, 2.75) is 13.3 Å². The molecule has 0 aliphatic carbocycles. The molecule has 0 radical (unpaired) electrons. The van der Waals surface area contributed by atoms with Crippen LogP contribution < -0.4 is 4.90 Å². The van der Waals surface area contributed by atoms with Gasteiger partial charge < -0.3 is 10.0 Å². The minimum absolute atomic E-state index is 0.0271. The maximum Gasteiger partial charge on any atom is 0.336 e. The van der Waals surface area contributed by atoms with E-state index in [1.54, 1.807) is 19.1 Å². The van der Waals surface area contributed by atoms with Crippen molar-refractivity contribution < 1.29 is 14.3 Å². The van der Waals surface area contributed by atoms with Crippen molar-refractivity contribution >= 4 is 28.4 Å². The number of anilines is 2. The molecule has 3 aromatic carbocycles. The van der Waals surface area contributed by atoms with Gasteiger partial charge in [-0.15, -0.1) is 0 Å². The summed E-state index contributed by atoms with van der Waals surface area (Å²) in [5.74, 6) is -1.15. The molecule has 0 bridgehead atoms. The van der Waals surface area contributed by atoms with E-state index in [2.05, 4.69) is 23.2 Å². The Labute approximate surface area is 173 Å². The standard InChI is InChI=1S/C25H19FN2O2/c1-15-22(25(29)30)23-19(26)10-6-11-20(23)27-24(15)28-14-13-18-17(9-5-12-21(18)28)16-7-3-2-4-8-16/h2-12H,13-14H2,1H3,(H,29,30). The van der Waals surface area contributed by atoms with Gasteiger partial charge in [0.25, 0.3) is 0 Å². The van der Waals surface area contributed by atoms with Crippen molar-refractivity contribution in [1.82, 2.24) is 4.98 Å². The molecule has 4 aromatic rings. The maximum atomic E-state index is 14.5. The summed E-state index contributed by atoms with van der Waals surface area (Å²) in [5, 5.41) is 9.89. The summed E-state index contributed by atoms with van der Waals surface area (Å²) in [6.45, 7) is 2.39. The maximum absolute atomic E-state index is 14.5. The number of halogens is 1. The van der Waals surface area contributed by atoms with Crippen LogP contribution in [0.3, 0.4) is 0 Å². The smallest absolute Gasteiger partial charge is 0.336 e. The van der Waals surface area contributed by atoms with E-state index >= 15 is 0 Å². The number of fused-ring (bicyclic) bond motifs is 2. The van der Waals surface area contributed by atoms with Crippen LogP contribution in [0, 0.1) is 12.7 Å². The highest BCUT2D eigenvalue weighted by Crippen LogP contribution is 2.41. The molecular weight excluding hydrogens is 379 g/mol.